The first-order chi connectivity index (χ1) is 12.5. The van der Waals surface area contributed by atoms with Crippen molar-refractivity contribution >= 4 is 5.91 Å². The van der Waals surface area contributed by atoms with Gasteiger partial charge in [-0.2, -0.15) is 0 Å². The van der Waals surface area contributed by atoms with Crippen molar-refractivity contribution in [2.24, 2.45) is 5.41 Å². The third-order valence-electron chi connectivity index (χ3n) is 5.14. The highest BCUT2D eigenvalue weighted by Gasteiger charge is 2.42. The van der Waals surface area contributed by atoms with E-state index in [1.54, 1.807) is 24.3 Å². The molecule has 0 aromatic heterocycles. The Balaban J connectivity index is 1.42. The Labute approximate surface area is 150 Å². The van der Waals surface area contributed by atoms with Crippen molar-refractivity contribution in [1.29, 1.82) is 0 Å². The van der Waals surface area contributed by atoms with Gasteiger partial charge < -0.3 is 14.4 Å². The number of rotatable bonds is 3. The smallest absolute Gasteiger partial charge is 0.253 e. The Morgan fingerprint density at radius 3 is 2.50 bits per heavy atom. The quantitative estimate of drug-likeness (QED) is 0.831. The molecule has 2 saturated heterocycles. The van der Waals surface area contributed by atoms with E-state index in [-0.39, 0.29) is 17.1 Å². The Hall–Kier alpha value is -2.47. The Morgan fingerprint density at radius 2 is 1.81 bits per heavy atom. The number of amides is 1. The molecule has 0 aliphatic carbocycles. The third-order valence-corrected chi connectivity index (χ3v) is 5.14. The molecule has 136 valence electrons. The summed E-state index contributed by atoms with van der Waals surface area (Å²) >= 11 is 0. The lowest BCUT2D eigenvalue weighted by atomic mass is 9.87. The number of carbonyl (C=O) groups is 1. The Kier molecular flexibility index (Phi) is 4.36. The molecule has 1 atom stereocenters. The molecule has 1 amide bonds. The van der Waals surface area contributed by atoms with E-state index in [9.17, 15) is 13.6 Å². The van der Waals surface area contributed by atoms with E-state index in [4.69, 9.17) is 9.47 Å². The number of halogens is 2. The second-order valence-electron chi connectivity index (χ2n) is 6.98. The van der Waals surface area contributed by atoms with Crippen molar-refractivity contribution in [3.05, 3.63) is 59.7 Å². The van der Waals surface area contributed by atoms with Crippen LogP contribution >= 0.6 is 0 Å². The zero-order chi connectivity index (χ0) is 18.1. The van der Waals surface area contributed by atoms with Crippen LogP contribution in [0.3, 0.4) is 0 Å². The number of benzene rings is 2. The summed E-state index contributed by atoms with van der Waals surface area (Å²) in [7, 11) is 0. The first-order valence-corrected chi connectivity index (χ1v) is 8.65. The van der Waals surface area contributed by atoms with Crippen LogP contribution in [0.25, 0.3) is 0 Å². The highest BCUT2D eigenvalue weighted by Crippen LogP contribution is 2.38. The second kappa shape index (κ2) is 6.68. The summed E-state index contributed by atoms with van der Waals surface area (Å²) in [5.41, 5.74) is 0.712. The van der Waals surface area contributed by atoms with Gasteiger partial charge in [-0.1, -0.05) is 0 Å². The summed E-state index contributed by atoms with van der Waals surface area (Å²) in [4.78, 5) is 14.6. The minimum absolute atomic E-state index is 0.00634. The SMILES string of the molecule is O=C(c1ccc(Oc2ccc(F)c(F)c2)cc1)N1CCC2(CCOC2)C1. The van der Waals surface area contributed by atoms with Gasteiger partial charge in [-0.15, -0.1) is 0 Å². The summed E-state index contributed by atoms with van der Waals surface area (Å²) < 4.78 is 37.2. The lowest BCUT2D eigenvalue weighted by Crippen LogP contribution is -2.32. The second-order valence-corrected chi connectivity index (χ2v) is 6.98. The Bertz CT molecular complexity index is 816. The molecule has 2 aromatic rings. The molecule has 0 bridgehead atoms. The molecule has 2 heterocycles. The maximum atomic E-state index is 13.2. The number of nitrogens with zero attached hydrogens (tertiary/aromatic N) is 1. The first kappa shape index (κ1) is 17.0. The molecule has 2 aliphatic heterocycles. The number of likely N-dealkylation sites (tertiary alicyclic amines) is 1. The van der Waals surface area contributed by atoms with Gasteiger partial charge in [0.1, 0.15) is 11.5 Å². The van der Waals surface area contributed by atoms with Gasteiger partial charge in [0, 0.05) is 36.7 Å². The van der Waals surface area contributed by atoms with Gasteiger partial charge in [0.05, 0.1) is 6.61 Å². The number of ether oxygens (including phenoxy) is 2. The summed E-state index contributed by atoms with van der Waals surface area (Å²) in [6, 6.07) is 10.0. The van der Waals surface area contributed by atoms with Crippen molar-refractivity contribution < 1.29 is 23.0 Å². The van der Waals surface area contributed by atoms with E-state index >= 15 is 0 Å². The van der Waals surface area contributed by atoms with Crippen LogP contribution in [0.15, 0.2) is 42.5 Å². The molecule has 2 fully saturated rings. The summed E-state index contributed by atoms with van der Waals surface area (Å²) in [5.74, 6) is -1.24. The third kappa shape index (κ3) is 3.29. The van der Waals surface area contributed by atoms with Crippen molar-refractivity contribution in [3.8, 4) is 11.5 Å². The van der Waals surface area contributed by atoms with Crippen molar-refractivity contribution in [3.63, 3.8) is 0 Å². The maximum Gasteiger partial charge on any atom is 0.253 e. The monoisotopic (exact) mass is 359 g/mol. The van der Waals surface area contributed by atoms with E-state index in [2.05, 4.69) is 0 Å². The van der Waals surface area contributed by atoms with Gasteiger partial charge in [0.15, 0.2) is 11.6 Å². The highest BCUT2D eigenvalue weighted by molar-refractivity contribution is 5.94. The molecule has 0 saturated carbocycles. The molecule has 1 spiro atoms. The van der Waals surface area contributed by atoms with E-state index < -0.39 is 11.6 Å². The average molecular weight is 359 g/mol. The molecular formula is C20H19F2NO3. The fourth-order valence-corrected chi connectivity index (χ4v) is 3.60. The largest absolute Gasteiger partial charge is 0.457 e. The predicted octanol–water partition coefficient (Wildman–Crippen LogP) is 4.01. The van der Waals surface area contributed by atoms with Crippen molar-refractivity contribution in [2.75, 3.05) is 26.3 Å². The van der Waals surface area contributed by atoms with Gasteiger partial charge >= 0.3 is 0 Å². The maximum absolute atomic E-state index is 13.2. The standard InChI is InChI=1S/C20H19F2NO3/c21-17-6-5-16(11-18(17)22)26-15-3-1-14(2-4-15)19(24)23-9-7-20(12-23)8-10-25-13-20/h1-6,11H,7-10,12-13H2. The van der Waals surface area contributed by atoms with Crippen LogP contribution in [0.1, 0.15) is 23.2 Å². The number of carbonyl (C=O) groups excluding carboxylic acids is 1. The fraction of sp³-hybridized carbons (Fsp3) is 0.350. The fourth-order valence-electron chi connectivity index (χ4n) is 3.60. The summed E-state index contributed by atoms with van der Waals surface area (Å²) in [6.45, 7) is 2.99. The number of hydrogen-bond acceptors (Lipinski definition) is 3. The van der Waals surface area contributed by atoms with Crippen molar-refractivity contribution in [2.45, 2.75) is 12.8 Å². The van der Waals surface area contributed by atoms with Gasteiger partial charge in [0.25, 0.3) is 5.91 Å². The molecule has 4 rings (SSSR count). The number of hydrogen-bond donors (Lipinski definition) is 0. The summed E-state index contributed by atoms with van der Waals surface area (Å²) in [5, 5.41) is 0. The molecule has 2 aliphatic rings. The molecule has 4 nitrogen and oxygen atoms in total. The zero-order valence-electron chi connectivity index (χ0n) is 14.2. The van der Waals surface area contributed by atoms with Crippen LogP contribution in [0.4, 0.5) is 8.78 Å². The van der Waals surface area contributed by atoms with E-state index in [0.717, 1.165) is 51.3 Å². The van der Waals surface area contributed by atoms with Crippen LogP contribution in [-0.4, -0.2) is 37.1 Å². The molecule has 2 aromatic carbocycles. The van der Waals surface area contributed by atoms with Crippen LogP contribution in [0.2, 0.25) is 0 Å². The first-order valence-electron chi connectivity index (χ1n) is 8.65. The average Bonchev–Trinajstić information content (AvgIpc) is 3.28. The van der Waals surface area contributed by atoms with Crippen LogP contribution < -0.4 is 4.74 Å². The molecule has 0 N–H and O–H groups in total. The van der Waals surface area contributed by atoms with Gasteiger partial charge in [0.2, 0.25) is 0 Å². The molecule has 0 radical (unpaired) electrons. The normalized spacial score (nSPS) is 22.2. The molecule has 26 heavy (non-hydrogen) atoms. The van der Waals surface area contributed by atoms with Crippen LogP contribution in [0.5, 0.6) is 11.5 Å². The topological polar surface area (TPSA) is 38.8 Å². The zero-order valence-corrected chi connectivity index (χ0v) is 14.2. The molecular weight excluding hydrogens is 340 g/mol. The van der Waals surface area contributed by atoms with Crippen LogP contribution in [-0.2, 0) is 4.74 Å². The lowest BCUT2D eigenvalue weighted by molar-refractivity contribution is 0.0765. The Morgan fingerprint density at radius 1 is 1.04 bits per heavy atom. The highest BCUT2D eigenvalue weighted by atomic mass is 19.2. The van der Waals surface area contributed by atoms with Gasteiger partial charge in [-0.25, -0.2) is 8.78 Å². The lowest BCUT2D eigenvalue weighted by Gasteiger charge is -2.22. The minimum Gasteiger partial charge on any atom is -0.457 e. The van der Waals surface area contributed by atoms with Gasteiger partial charge in [-0.3, -0.25) is 4.79 Å². The minimum atomic E-state index is -0.965. The van der Waals surface area contributed by atoms with E-state index in [0.29, 0.717) is 11.3 Å². The van der Waals surface area contributed by atoms with E-state index in [1.165, 1.54) is 6.07 Å². The molecule has 1 unspecified atom stereocenters. The summed E-state index contributed by atoms with van der Waals surface area (Å²) in [6.07, 6.45) is 1.99. The predicted molar refractivity (Wildman–Crippen MR) is 91.3 cm³/mol. The van der Waals surface area contributed by atoms with Crippen LogP contribution in [0, 0.1) is 17.0 Å². The van der Waals surface area contributed by atoms with Crippen molar-refractivity contribution in [1.82, 2.24) is 4.90 Å². The van der Waals surface area contributed by atoms with Gasteiger partial charge in [-0.05, 0) is 49.2 Å². The molecule has 6 heteroatoms. The van der Waals surface area contributed by atoms with E-state index in [1.807, 2.05) is 4.90 Å².